The highest BCUT2D eigenvalue weighted by Gasteiger charge is 2.36. The van der Waals surface area contributed by atoms with E-state index in [1.807, 2.05) is 0 Å². The first kappa shape index (κ1) is 15.5. The van der Waals surface area contributed by atoms with Crippen LogP contribution in [0.15, 0.2) is 10.6 Å². The number of hydrogen-bond acceptors (Lipinski definition) is 5. The van der Waals surface area contributed by atoms with Gasteiger partial charge in [-0.15, -0.1) is 0 Å². The lowest BCUT2D eigenvalue weighted by atomic mass is 9.85. The molecule has 1 amide bonds. The van der Waals surface area contributed by atoms with E-state index in [1.54, 1.807) is 13.0 Å². The summed E-state index contributed by atoms with van der Waals surface area (Å²) in [6.07, 6.45) is 6.18. The second kappa shape index (κ2) is 7.24. The number of rotatable bonds is 4. The van der Waals surface area contributed by atoms with Crippen LogP contribution < -0.4 is 5.32 Å². The van der Waals surface area contributed by atoms with Gasteiger partial charge in [0.15, 0.2) is 5.82 Å². The Morgan fingerprint density at radius 1 is 1.33 bits per heavy atom. The molecule has 2 rings (SSSR count). The number of nitrogens with one attached hydrogen (secondary N) is 1. The number of hydrogen-bond donors (Lipinski definition) is 1. The molecule has 1 N–H and O–H groups in total. The van der Waals surface area contributed by atoms with E-state index in [0.29, 0.717) is 11.6 Å². The first-order valence-corrected chi connectivity index (χ1v) is 7.44. The highest BCUT2D eigenvalue weighted by molar-refractivity contribution is 6.04. The van der Waals surface area contributed by atoms with Gasteiger partial charge in [-0.25, -0.2) is 0 Å². The van der Waals surface area contributed by atoms with E-state index < -0.39 is 11.9 Å². The molecule has 1 atom stereocenters. The van der Waals surface area contributed by atoms with Crippen LogP contribution in [0.5, 0.6) is 0 Å². The van der Waals surface area contributed by atoms with Crippen LogP contribution in [0.1, 0.15) is 44.3 Å². The van der Waals surface area contributed by atoms with E-state index in [-0.39, 0.29) is 11.8 Å². The first-order chi connectivity index (χ1) is 10.1. The van der Waals surface area contributed by atoms with Crippen molar-refractivity contribution in [1.82, 2.24) is 5.16 Å². The average Bonchev–Trinajstić information content (AvgIpc) is 2.71. The van der Waals surface area contributed by atoms with E-state index in [0.717, 1.165) is 38.5 Å². The van der Waals surface area contributed by atoms with Gasteiger partial charge in [0.1, 0.15) is 11.7 Å². The number of anilines is 1. The molecule has 0 radical (unpaired) electrons. The minimum absolute atomic E-state index is 0.0351. The van der Waals surface area contributed by atoms with Gasteiger partial charge in [-0.3, -0.25) is 9.59 Å². The molecule has 1 aromatic heterocycles. The lowest BCUT2D eigenvalue weighted by molar-refractivity contribution is -0.151. The van der Waals surface area contributed by atoms with Crippen molar-refractivity contribution in [3.05, 3.63) is 11.8 Å². The van der Waals surface area contributed by atoms with Gasteiger partial charge < -0.3 is 14.6 Å². The maximum absolute atomic E-state index is 12.4. The maximum atomic E-state index is 12.4. The van der Waals surface area contributed by atoms with Crippen molar-refractivity contribution in [2.45, 2.75) is 45.4 Å². The summed E-state index contributed by atoms with van der Waals surface area (Å²) in [5.74, 6) is -0.630. The summed E-state index contributed by atoms with van der Waals surface area (Å²) in [7, 11) is 1.32. The minimum Gasteiger partial charge on any atom is -0.468 e. The second-order valence-corrected chi connectivity index (χ2v) is 5.56. The Hall–Kier alpha value is -1.85. The fourth-order valence-corrected chi connectivity index (χ4v) is 2.91. The number of ether oxygens (including phenoxy) is 1. The molecule has 21 heavy (non-hydrogen) atoms. The minimum atomic E-state index is -0.773. The molecular weight excluding hydrogens is 272 g/mol. The zero-order valence-electron chi connectivity index (χ0n) is 12.6. The topological polar surface area (TPSA) is 81.4 Å². The molecular formula is C15H22N2O4. The number of nitrogens with zero attached hydrogens (tertiary/aromatic N) is 1. The van der Waals surface area contributed by atoms with E-state index in [1.165, 1.54) is 7.11 Å². The van der Waals surface area contributed by atoms with Crippen molar-refractivity contribution in [1.29, 1.82) is 0 Å². The fourth-order valence-electron chi connectivity index (χ4n) is 2.91. The predicted molar refractivity (Wildman–Crippen MR) is 76.6 cm³/mol. The second-order valence-electron chi connectivity index (χ2n) is 5.56. The van der Waals surface area contributed by atoms with E-state index in [9.17, 15) is 9.59 Å². The normalized spacial score (nSPS) is 17.8. The Morgan fingerprint density at radius 2 is 2.00 bits per heavy atom. The Balaban J connectivity index is 2.10. The maximum Gasteiger partial charge on any atom is 0.318 e. The molecule has 1 aliphatic rings. The summed E-state index contributed by atoms with van der Waals surface area (Å²) < 4.78 is 9.74. The third-order valence-electron chi connectivity index (χ3n) is 3.99. The molecule has 0 spiro atoms. The smallest absolute Gasteiger partial charge is 0.318 e. The molecule has 0 aromatic carbocycles. The largest absolute Gasteiger partial charge is 0.468 e. The number of methoxy groups -OCH3 is 1. The van der Waals surface area contributed by atoms with E-state index >= 15 is 0 Å². The van der Waals surface area contributed by atoms with Gasteiger partial charge >= 0.3 is 5.97 Å². The number of esters is 1. The summed E-state index contributed by atoms with van der Waals surface area (Å²) in [6, 6.07) is 1.62. The Kier molecular flexibility index (Phi) is 5.36. The lowest BCUT2D eigenvalue weighted by Gasteiger charge is -2.22. The standard InChI is InChI=1S/C15H22N2O4/c1-10-9-12(17-21-10)16-14(18)13(15(19)20-2)11-7-5-3-4-6-8-11/h9,11,13H,3-8H2,1-2H3,(H,16,17,18)/t13-/m0/s1. The molecule has 1 fully saturated rings. The van der Waals surface area contributed by atoms with Gasteiger partial charge in [0.05, 0.1) is 7.11 Å². The molecule has 1 aliphatic carbocycles. The van der Waals surface area contributed by atoms with E-state index in [4.69, 9.17) is 9.26 Å². The van der Waals surface area contributed by atoms with Gasteiger partial charge in [0, 0.05) is 6.07 Å². The summed E-state index contributed by atoms with van der Waals surface area (Å²) >= 11 is 0. The number of carbonyl (C=O) groups excluding carboxylic acids is 2. The SMILES string of the molecule is COC(=O)[C@H](C(=O)Nc1cc(C)on1)C1CCCCCC1. The molecule has 1 heterocycles. The first-order valence-electron chi connectivity index (χ1n) is 7.44. The van der Waals surface area contributed by atoms with Crippen LogP contribution in [0.25, 0.3) is 0 Å². The van der Waals surface area contributed by atoms with Gasteiger partial charge in [0.2, 0.25) is 5.91 Å². The van der Waals surface area contributed by atoms with Gasteiger partial charge in [-0.2, -0.15) is 0 Å². The summed E-state index contributed by atoms with van der Waals surface area (Å²) in [6.45, 7) is 1.74. The van der Waals surface area contributed by atoms with Crippen molar-refractivity contribution in [2.24, 2.45) is 11.8 Å². The van der Waals surface area contributed by atoms with Crippen LogP contribution in [-0.4, -0.2) is 24.1 Å². The zero-order chi connectivity index (χ0) is 15.2. The molecule has 6 heteroatoms. The molecule has 0 unspecified atom stereocenters. The summed E-state index contributed by atoms with van der Waals surface area (Å²) in [5.41, 5.74) is 0. The van der Waals surface area contributed by atoms with Crippen LogP contribution in [-0.2, 0) is 14.3 Å². The van der Waals surface area contributed by atoms with Gasteiger partial charge in [-0.1, -0.05) is 30.8 Å². The molecule has 6 nitrogen and oxygen atoms in total. The monoisotopic (exact) mass is 294 g/mol. The Morgan fingerprint density at radius 3 is 2.52 bits per heavy atom. The molecule has 116 valence electrons. The zero-order valence-corrected chi connectivity index (χ0v) is 12.6. The number of amides is 1. The highest BCUT2D eigenvalue weighted by Crippen LogP contribution is 2.30. The third-order valence-corrected chi connectivity index (χ3v) is 3.99. The lowest BCUT2D eigenvalue weighted by Crippen LogP contribution is -2.36. The van der Waals surface area contributed by atoms with Crippen LogP contribution in [0.2, 0.25) is 0 Å². The molecule has 1 saturated carbocycles. The number of aromatic nitrogens is 1. The van der Waals surface area contributed by atoms with Crippen LogP contribution in [0.4, 0.5) is 5.82 Å². The van der Waals surface area contributed by atoms with Crippen LogP contribution in [0.3, 0.4) is 0 Å². The highest BCUT2D eigenvalue weighted by atomic mass is 16.5. The quantitative estimate of drug-likeness (QED) is 0.524. The molecule has 0 saturated heterocycles. The van der Waals surface area contributed by atoms with Crippen molar-refractivity contribution < 1.29 is 18.8 Å². The third kappa shape index (κ3) is 4.06. The number of carbonyl (C=O) groups is 2. The molecule has 0 bridgehead atoms. The van der Waals surface area contributed by atoms with Crippen LogP contribution >= 0.6 is 0 Å². The van der Waals surface area contributed by atoms with Gasteiger partial charge in [-0.05, 0) is 25.7 Å². The summed E-state index contributed by atoms with van der Waals surface area (Å²) in [4.78, 5) is 24.5. The van der Waals surface area contributed by atoms with Crippen molar-refractivity contribution in [3.63, 3.8) is 0 Å². The number of aryl methyl sites for hydroxylation is 1. The van der Waals surface area contributed by atoms with Crippen LogP contribution in [0, 0.1) is 18.8 Å². The van der Waals surface area contributed by atoms with E-state index in [2.05, 4.69) is 10.5 Å². The molecule has 0 aliphatic heterocycles. The summed E-state index contributed by atoms with van der Waals surface area (Å²) in [5, 5.41) is 6.38. The van der Waals surface area contributed by atoms with Crippen molar-refractivity contribution in [3.8, 4) is 0 Å². The Bertz CT molecular complexity index is 490. The van der Waals surface area contributed by atoms with Gasteiger partial charge in [0.25, 0.3) is 0 Å². The fraction of sp³-hybridized carbons (Fsp3) is 0.667. The average molecular weight is 294 g/mol. The molecule has 1 aromatic rings. The van der Waals surface area contributed by atoms with Crippen molar-refractivity contribution in [2.75, 3.05) is 12.4 Å². The predicted octanol–water partition coefficient (Wildman–Crippen LogP) is 2.68. The van der Waals surface area contributed by atoms with Crippen molar-refractivity contribution >= 4 is 17.7 Å². The Labute approximate surface area is 124 Å².